The van der Waals surface area contributed by atoms with Gasteiger partial charge in [0.25, 0.3) is 0 Å². The predicted octanol–water partition coefficient (Wildman–Crippen LogP) is 2.52. The maximum Gasteiger partial charge on any atom is 0.321 e. The minimum absolute atomic E-state index is 0.0154. The summed E-state index contributed by atoms with van der Waals surface area (Å²) in [5.74, 6) is -0.775. The average Bonchev–Trinajstić information content (AvgIpc) is 2.58. The van der Waals surface area contributed by atoms with Crippen LogP contribution in [-0.4, -0.2) is 32.4 Å². The largest absolute Gasteiger partial charge is 0.324 e. The summed E-state index contributed by atoms with van der Waals surface area (Å²) in [4.78, 5) is 13.7. The molecule has 6 nitrogen and oxygen atoms in total. The fraction of sp³-hybridized carbons (Fsp3) is 0.533. The molecule has 1 heterocycles. The van der Waals surface area contributed by atoms with Gasteiger partial charge in [0.2, 0.25) is 10.0 Å². The lowest BCUT2D eigenvalue weighted by Gasteiger charge is -2.29. The fourth-order valence-corrected chi connectivity index (χ4v) is 3.32. The van der Waals surface area contributed by atoms with Crippen molar-refractivity contribution in [3.05, 3.63) is 24.0 Å². The third kappa shape index (κ3) is 4.90. The molecule has 1 aromatic rings. The summed E-state index contributed by atoms with van der Waals surface area (Å²) in [6, 6.07) is 2.67. The number of carbonyl (C=O) groups excluding carboxylic acids is 1. The Morgan fingerprint density at radius 1 is 1.30 bits per heavy atom. The monoisotopic (exact) mass is 343 g/mol. The van der Waals surface area contributed by atoms with E-state index in [-0.39, 0.29) is 22.0 Å². The van der Waals surface area contributed by atoms with Crippen LogP contribution >= 0.6 is 0 Å². The van der Waals surface area contributed by atoms with Crippen molar-refractivity contribution in [1.29, 1.82) is 0 Å². The molecule has 0 aliphatic carbocycles. The highest BCUT2D eigenvalue weighted by Gasteiger charge is 2.27. The van der Waals surface area contributed by atoms with Gasteiger partial charge in [-0.05, 0) is 36.5 Å². The molecule has 3 N–H and O–H groups in total. The first-order chi connectivity index (χ1) is 10.6. The van der Waals surface area contributed by atoms with Gasteiger partial charge in [0, 0.05) is 18.8 Å². The highest BCUT2D eigenvalue weighted by atomic mass is 32.2. The van der Waals surface area contributed by atoms with Crippen molar-refractivity contribution in [2.45, 2.75) is 38.0 Å². The quantitative estimate of drug-likeness (QED) is 0.864. The van der Waals surface area contributed by atoms with Crippen LogP contribution in [0.25, 0.3) is 0 Å². The lowest BCUT2D eigenvalue weighted by molar-refractivity contribution is 0.188. The van der Waals surface area contributed by atoms with Gasteiger partial charge in [0.05, 0.1) is 4.90 Å². The molecule has 0 radical (unpaired) electrons. The number of nitrogens with one attached hydrogen (secondary N) is 1. The van der Waals surface area contributed by atoms with Crippen LogP contribution in [0.15, 0.2) is 23.1 Å². The topological polar surface area (TPSA) is 92.5 Å². The second kappa shape index (κ2) is 6.45. The standard InChI is InChI=1S/C15H22FN3O3S/c1-15(2)5-3-4-6-19(10-15)14(20)18-12-7-11(16)8-13(9-12)23(17,21)22/h7-9H,3-6,10H2,1-2H3,(H,18,20)(H2,17,21,22). The molecule has 0 bridgehead atoms. The van der Waals surface area contributed by atoms with E-state index in [1.54, 1.807) is 4.90 Å². The molecular weight excluding hydrogens is 321 g/mol. The number of carbonyl (C=O) groups is 1. The molecule has 23 heavy (non-hydrogen) atoms. The zero-order valence-corrected chi connectivity index (χ0v) is 14.1. The molecule has 0 unspecified atom stereocenters. The summed E-state index contributed by atoms with van der Waals surface area (Å²) in [7, 11) is -4.04. The van der Waals surface area contributed by atoms with E-state index >= 15 is 0 Å². The van der Waals surface area contributed by atoms with Gasteiger partial charge < -0.3 is 10.2 Å². The van der Waals surface area contributed by atoms with Crippen LogP contribution < -0.4 is 10.5 Å². The molecule has 1 fully saturated rings. The lowest BCUT2D eigenvalue weighted by Crippen LogP contribution is -2.40. The maximum absolute atomic E-state index is 13.6. The SMILES string of the molecule is CC1(C)CCCCN(C(=O)Nc2cc(F)cc(S(N)(=O)=O)c2)C1. The Bertz CT molecular complexity index is 704. The van der Waals surface area contributed by atoms with Gasteiger partial charge in [-0.1, -0.05) is 20.3 Å². The number of nitrogens with two attached hydrogens (primary N) is 1. The Morgan fingerprint density at radius 3 is 2.65 bits per heavy atom. The van der Waals surface area contributed by atoms with E-state index in [4.69, 9.17) is 5.14 Å². The first-order valence-electron chi connectivity index (χ1n) is 7.46. The molecule has 0 spiro atoms. The van der Waals surface area contributed by atoms with Gasteiger partial charge in [-0.25, -0.2) is 22.7 Å². The summed E-state index contributed by atoms with van der Waals surface area (Å²) in [6.07, 6.45) is 2.99. The number of primary sulfonamides is 1. The van der Waals surface area contributed by atoms with E-state index in [1.807, 2.05) is 0 Å². The second-order valence-electron chi connectivity index (χ2n) is 6.69. The van der Waals surface area contributed by atoms with Gasteiger partial charge in [0.1, 0.15) is 5.82 Å². The lowest BCUT2D eigenvalue weighted by atomic mass is 9.88. The summed E-state index contributed by atoms with van der Waals surface area (Å²) in [5.41, 5.74) is 0.0859. The summed E-state index contributed by atoms with van der Waals surface area (Å²) >= 11 is 0. The Balaban J connectivity index is 2.18. The second-order valence-corrected chi connectivity index (χ2v) is 8.26. The third-order valence-electron chi connectivity index (χ3n) is 3.89. The number of sulfonamides is 1. The predicted molar refractivity (Wildman–Crippen MR) is 86.0 cm³/mol. The van der Waals surface area contributed by atoms with Crippen LogP contribution in [0.4, 0.5) is 14.9 Å². The van der Waals surface area contributed by atoms with Crippen molar-refractivity contribution in [2.75, 3.05) is 18.4 Å². The molecule has 128 valence electrons. The number of hydrogen-bond acceptors (Lipinski definition) is 3. The number of urea groups is 1. The molecule has 0 saturated carbocycles. The summed E-state index contributed by atoms with van der Waals surface area (Å²) < 4.78 is 36.2. The molecule has 2 amide bonds. The van der Waals surface area contributed by atoms with E-state index in [2.05, 4.69) is 19.2 Å². The van der Waals surface area contributed by atoms with Crippen molar-refractivity contribution in [2.24, 2.45) is 10.6 Å². The molecule has 1 saturated heterocycles. The number of rotatable bonds is 2. The fourth-order valence-electron chi connectivity index (χ4n) is 2.76. The van der Waals surface area contributed by atoms with Gasteiger partial charge in [-0.3, -0.25) is 0 Å². The zero-order valence-electron chi connectivity index (χ0n) is 13.3. The van der Waals surface area contributed by atoms with Crippen LogP contribution in [0, 0.1) is 11.2 Å². The number of hydrogen-bond donors (Lipinski definition) is 2. The minimum Gasteiger partial charge on any atom is -0.324 e. The van der Waals surface area contributed by atoms with E-state index in [0.717, 1.165) is 37.5 Å². The number of benzene rings is 1. The van der Waals surface area contributed by atoms with Crippen LogP contribution in [0.2, 0.25) is 0 Å². The number of halogens is 1. The van der Waals surface area contributed by atoms with Crippen LogP contribution in [0.3, 0.4) is 0 Å². The molecule has 8 heteroatoms. The Kier molecular flexibility index (Phi) is 4.95. The maximum atomic E-state index is 13.6. The van der Waals surface area contributed by atoms with Crippen molar-refractivity contribution in [3.63, 3.8) is 0 Å². The van der Waals surface area contributed by atoms with E-state index < -0.39 is 15.8 Å². The molecule has 0 atom stereocenters. The molecule has 0 aromatic heterocycles. The number of nitrogens with zero attached hydrogens (tertiary/aromatic N) is 1. The van der Waals surface area contributed by atoms with Crippen LogP contribution in [-0.2, 0) is 10.0 Å². The molecule has 1 aliphatic heterocycles. The number of amides is 2. The van der Waals surface area contributed by atoms with Gasteiger partial charge in [-0.15, -0.1) is 0 Å². The third-order valence-corrected chi connectivity index (χ3v) is 4.78. The highest BCUT2D eigenvalue weighted by Crippen LogP contribution is 2.28. The summed E-state index contributed by atoms with van der Waals surface area (Å²) in [6.45, 7) is 5.41. The van der Waals surface area contributed by atoms with E-state index in [1.165, 1.54) is 0 Å². The average molecular weight is 343 g/mol. The molecule has 1 aliphatic rings. The summed E-state index contributed by atoms with van der Waals surface area (Å²) in [5, 5.41) is 7.56. The van der Waals surface area contributed by atoms with Crippen molar-refractivity contribution >= 4 is 21.7 Å². The van der Waals surface area contributed by atoms with Crippen LogP contribution in [0.5, 0.6) is 0 Å². The Morgan fingerprint density at radius 2 is 2.00 bits per heavy atom. The van der Waals surface area contributed by atoms with Crippen molar-refractivity contribution in [3.8, 4) is 0 Å². The molecule has 2 rings (SSSR count). The van der Waals surface area contributed by atoms with E-state index in [9.17, 15) is 17.6 Å². The molecular formula is C15H22FN3O3S. The number of anilines is 1. The van der Waals surface area contributed by atoms with E-state index in [0.29, 0.717) is 13.1 Å². The Labute approximate surface area is 135 Å². The smallest absolute Gasteiger partial charge is 0.321 e. The first kappa shape index (κ1) is 17.7. The molecule has 1 aromatic carbocycles. The zero-order chi connectivity index (χ0) is 17.3. The highest BCUT2D eigenvalue weighted by molar-refractivity contribution is 7.89. The van der Waals surface area contributed by atoms with Crippen molar-refractivity contribution in [1.82, 2.24) is 4.90 Å². The van der Waals surface area contributed by atoms with Gasteiger partial charge in [-0.2, -0.15) is 0 Å². The number of likely N-dealkylation sites (tertiary alicyclic amines) is 1. The normalized spacial score (nSPS) is 18.3. The minimum atomic E-state index is -4.04. The van der Waals surface area contributed by atoms with Gasteiger partial charge in [0.15, 0.2) is 0 Å². The van der Waals surface area contributed by atoms with Crippen LogP contribution in [0.1, 0.15) is 33.1 Å². The first-order valence-corrected chi connectivity index (χ1v) is 9.01. The van der Waals surface area contributed by atoms with Gasteiger partial charge >= 0.3 is 6.03 Å². The Hall–Kier alpha value is -1.67. The van der Waals surface area contributed by atoms with Crippen molar-refractivity contribution < 1.29 is 17.6 Å².